The SMILES string of the molecule is O=C1Nc2nc(-c3cn4ccnc4c(CCCC(F)(F)F)n3)nc(O)c2C1(c1ccc(F)cc1)C1CC1. The number of aryl methyl sites for hydroxylation is 1. The molecule has 1 fully saturated rings. The number of carbonyl (C=O) groups excluding carboxylic acids is 1. The van der Waals surface area contributed by atoms with Gasteiger partial charge in [-0.1, -0.05) is 12.1 Å². The third-order valence-corrected chi connectivity index (χ3v) is 6.91. The fraction of sp³-hybridized carbons (Fsp3) is 0.320. The summed E-state index contributed by atoms with van der Waals surface area (Å²) < 4.78 is 53.3. The molecule has 0 saturated heterocycles. The van der Waals surface area contributed by atoms with E-state index < -0.39 is 29.7 Å². The van der Waals surface area contributed by atoms with E-state index in [1.165, 1.54) is 30.5 Å². The number of rotatable bonds is 6. The van der Waals surface area contributed by atoms with Gasteiger partial charge in [-0.2, -0.15) is 18.2 Å². The number of halogens is 4. The first-order chi connectivity index (χ1) is 17.7. The molecule has 2 N–H and O–H groups in total. The van der Waals surface area contributed by atoms with E-state index >= 15 is 0 Å². The van der Waals surface area contributed by atoms with Crippen molar-refractivity contribution in [2.75, 3.05) is 5.32 Å². The molecule has 1 aliphatic heterocycles. The lowest BCUT2D eigenvalue weighted by atomic mass is 9.72. The van der Waals surface area contributed by atoms with Crippen LogP contribution in [0.3, 0.4) is 0 Å². The molecule has 8 nitrogen and oxygen atoms in total. The van der Waals surface area contributed by atoms with Gasteiger partial charge < -0.3 is 14.8 Å². The van der Waals surface area contributed by atoms with Crippen LogP contribution in [0.25, 0.3) is 17.2 Å². The van der Waals surface area contributed by atoms with Gasteiger partial charge in [0.1, 0.15) is 22.7 Å². The Morgan fingerprint density at radius 2 is 1.89 bits per heavy atom. The summed E-state index contributed by atoms with van der Waals surface area (Å²) in [4.78, 5) is 30.8. The van der Waals surface area contributed by atoms with E-state index in [0.717, 1.165) is 12.8 Å². The van der Waals surface area contributed by atoms with Crippen molar-refractivity contribution < 1.29 is 27.5 Å². The minimum absolute atomic E-state index is 0.00470. The van der Waals surface area contributed by atoms with Crippen molar-refractivity contribution in [3.05, 3.63) is 65.5 Å². The summed E-state index contributed by atoms with van der Waals surface area (Å²) in [5.74, 6) is -1.24. The summed E-state index contributed by atoms with van der Waals surface area (Å²) in [5.41, 5.74) is 0.446. The van der Waals surface area contributed by atoms with Gasteiger partial charge in [-0.25, -0.2) is 19.3 Å². The minimum atomic E-state index is -4.28. The molecule has 1 saturated carbocycles. The molecule has 4 aromatic rings. The number of hydrogen-bond donors (Lipinski definition) is 2. The average Bonchev–Trinajstić information content (AvgIpc) is 3.49. The molecule has 37 heavy (non-hydrogen) atoms. The summed E-state index contributed by atoms with van der Waals surface area (Å²) in [6.07, 6.45) is 0.777. The summed E-state index contributed by atoms with van der Waals surface area (Å²) >= 11 is 0. The van der Waals surface area contributed by atoms with Gasteiger partial charge >= 0.3 is 6.18 Å². The summed E-state index contributed by atoms with van der Waals surface area (Å²) in [6, 6.07) is 5.58. The van der Waals surface area contributed by atoms with Crippen molar-refractivity contribution in [1.82, 2.24) is 24.3 Å². The number of nitrogens with one attached hydrogen (secondary N) is 1. The molecule has 0 radical (unpaired) electrons. The fourth-order valence-corrected chi connectivity index (χ4v) is 5.19. The number of fused-ring (bicyclic) bond motifs is 2. The lowest BCUT2D eigenvalue weighted by Crippen LogP contribution is -2.38. The first-order valence-corrected chi connectivity index (χ1v) is 11.8. The van der Waals surface area contributed by atoms with E-state index in [1.807, 2.05) is 0 Å². The normalized spacial score (nSPS) is 19.3. The lowest BCUT2D eigenvalue weighted by molar-refractivity contribution is -0.135. The van der Waals surface area contributed by atoms with Crippen LogP contribution in [0, 0.1) is 11.7 Å². The molecule has 12 heteroatoms. The van der Waals surface area contributed by atoms with Crippen LogP contribution in [0.4, 0.5) is 23.4 Å². The quantitative estimate of drug-likeness (QED) is 0.367. The standard InChI is InChI=1S/C25H20F4N6O2/c26-15-7-5-14(6-8-15)25(13-3-4-13)18-20(34-23(25)37)32-19(33-22(18)36)17-12-35-11-10-30-21(35)16(31-17)2-1-9-24(27,28)29/h5-8,10-13H,1-4,9H2,(H2,32,33,34,36,37). The fourth-order valence-electron chi connectivity index (χ4n) is 5.19. The second kappa shape index (κ2) is 8.22. The van der Waals surface area contributed by atoms with Gasteiger partial charge in [0.25, 0.3) is 0 Å². The number of alkyl halides is 3. The van der Waals surface area contributed by atoms with Gasteiger partial charge in [-0.15, -0.1) is 0 Å². The Labute approximate surface area is 207 Å². The smallest absolute Gasteiger partial charge is 0.389 e. The van der Waals surface area contributed by atoms with Crippen molar-refractivity contribution in [2.24, 2.45) is 5.92 Å². The number of benzene rings is 1. The maximum atomic E-state index is 13.6. The van der Waals surface area contributed by atoms with Crippen LogP contribution in [0.1, 0.15) is 42.5 Å². The number of imidazole rings is 1. The second-order valence-corrected chi connectivity index (χ2v) is 9.34. The van der Waals surface area contributed by atoms with Gasteiger partial charge in [0, 0.05) is 25.0 Å². The zero-order chi connectivity index (χ0) is 25.9. The summed E-state index contributed by atoms with van der Waals surface area (Å²) in [5, 5.41) is 13.9. The number of carbonyl (C=O) groups is 1. The maximum absolute atomic E-state index is 13.6. The van der Waals surface area contributed by atoms with E-state index in [-0.39, 0.29) is 47.6 Å². The highest BCUT2D eigenvalue weighted by Crippen LogP contribution is 2.58. The van der Waals surface area contributed by atoms with Crippen molar-refractivity contribution >= 4 is 17.4 Å². The number of nitrogens with zero attached hydrogens (tertiary/aromatic N) is 5. The number of aromatic hydroxyl groups is 1. The van der Waals surface area contributed by atoms with Crippen LogP contribution in [-0.4, -0.2) is 41.5 Å². The van der Waals surface area contributed by atoms with Crippen molar-refractivity contribution in [1.29, 1.82) is 0 Å². The van der Waals surface area contributed by atoms with E-state index in [9.17, 15) is 27.5 Å². The predicted molar refractivity (Wildman–Crippen MR) is 123 cm³/mol. The molecular formula is C25H20F4N6O2. The summed E-state index contributed by atoms with van der Waals surface area (Å²) in [6.45, 7) is 0. The highest BCUT2D eigenvalue weighted by atomic mass is 19.4. The lowest BCUT2D eigenvalue weighted by Gasteiger charge is -2.28. The Morgan fingerprint density at radius 1 is 1.14 bits per heavy atom. The largest absolute Gasteiger partial charge is 0.493 e. The number of hydrogen-bond acceptors (Lipinski definition) is 6. The first kappa shape index (κ1) is 23.3. The van der Waals surface area contributed by atoms with Crippen LogP contribution < -0.4 is 5.32 Å². The Balaban J connectivity index is 1.43. The molecule has 190 valence electrons. The van der Waals surface area contributed by atoms with Crippen LogP contribution in [-0.2, 0) is 16.6 Å². The molecule has 1 amide bonds. The average molecular weight is 512 g/mol. The van der Waals surface area contributed by atoms with Crippen molar-refractivity contribution in [3.8, 4) is 17.4 Å². The van der Waals surface area contributed by atoms with Crippen LogP contribution >= 0.6 is 0 Å². The predicted octanol–water partition coefficient (Wildman–Crippen LogP) is 4.56. The van der Waals surface area contributed by atoms with Crippen LogP contribution in [0.15, 0.2) is 42.9 Å². The molecule has 1 atom stereocenters. The molecule has 0 bridgehead atoms. The minimum Gasteiger partial charge on any atom is -0.493 e. The third-order valence-electron chi connectivity index (χ3n) is 6.91. The maximum Gasteiger partial charge on any atom is 0.389 e. The zero-order valence-corrected chi connectivity index (χ0v) is 19.3. The molecule has 6 rings (SSSR count). The highest BCUT2D eigenvalue weighted by Gasteiger charge is 2.60. The Bertz CT molecular complexity index is 1530. The van der Waals surface area contributed by atoms with E-state index in [4.69, 9.17) is 0 Å². The van der Waals surface area contributed by atoms with E-state index in [2.05, 4.69) is 25.3 Å². The van der Waals surface area contributed by atoms with Gasteiger partial charge in [0.05, 0.1) is 11.3 Å². The molecular weight excluding hydrogens is 492 g/mol. The molecule has 3 aromatic heterocycles. The monoisotopic (exact) mass is 512 g/mol. The van der Waals surface area contributed by atoms with Crippen molar-refractivity contribution in [3.63, 3.8) is 0 Å². The molecule has 4 heterocycles. The number of anilines is 1. The number of aromatic nitrogens is 5. The van der Waals surface area contributed by atoms with Crippen molar-refractivity contribution in [2.45, 2.75) is 43.7 Å². The molecule has 1 aromatic carbocycles. The second-order valence-electron chi connectivity index (χ2n) is 9.34. The topological polar surface area (TPSA) is 105 Å². The Kier molecular flexibility index (Phi) is 5.18. The van der Waals surface area contributed by atoms with E-state index in [1.54, 1.807) is 16.8 Å². The van der Waals surface area contributed by atoms with Crippen LogP contribution in [0.2, 0.25) is 0 Å². The van der Waals surface area contributed by atoms with Gasteiger partial charge in [-0.05, 0) is 49.3 Å². The van der Waals surface area contributed by atoms with Gasteiger partial charge in [0.15, 0.2) is 11.5 Å². The highest BCUT2D eigenvalue weighted by molar-refractivity contribution is 6.09. The third kappa shape index (κ3) is 3.87. The Hall–Kier alpha value is -4.09. The molecule has 0 spiro atoms. The van der Waals surface area contributed by atoms with E-state index in [0.29, 0.717) is 16.9 Å². The summed E-state index contributed by atoms with van der Waals surface area (Å²) in [7, 11) is 0. The first-order valence-electron chi connectivity index (χ1n) is 11.8. The number of amides is 1. The Morgan fingerprint density at radius 3 is 2.59 bits per heavy atom. The van der Waals surface area contributed by atoms with Crippen LogP contribution in [0.5, 0.6) is 5.88 Å². The molecule has 1 unspecified atom stereocenters. The zero-order valence-electron chi connectivity index (χ0n) is 19.3. The van der Waals surface area contributed by atoms with Gasteiger partial charge in [0.2, 0.25) is 11.8 Å². The molecule has 1 aliphatic carbocycles. The molecule has 2 aliphatic rings. The van der Waals surface area contributed by atoms with Gasteiger partial charge in [-0.3, -0.25) is 4.79 Å².